The van der Waals surface area contributed by atoms with Gasteiger partial charge in [-0.2, -0.15) is 0 Å². The number of ketones is 5. The van der Waals surface area contributed by atoms with Crippen molar-refractivity contribution in [1.82, 2.24) is 0 Å². The zero-order chi connectivity index (χ0) is 99.2. The molecular weight excluding hydrogens is 1640 g/mol. The van der Waals surface area contributed by atoms with Crippen molar-refractivity contribution in [2.24, 2.45) is 0 Å². The molecule has 0 atom stereocenters. The van der Waals surface area contributed by atoms with Crippen LogP contribution in [0.2, 0.25) is 0 Å². The molecule has 0 spiro atoms. The summed E-state index contributed by atoms with van der Waals surface area (Å²) in [5.74, 6) is 1.01. The zero-order valence-electron chi connectivity index (χ0n) is 93.7. The lowest BCUT2D eigenvalue weighted by Gasteiger charge is -2.04. The number of unbranched alkanes of at least 4 members (excludes halogenated alkanes) is 100. The average molecular weight is 1890 g/mol. The van der Waals surface area contributed by atoms with Crippen LogP contribution in [-0.2, 0) is 24.0 Å². The Bertz CT molecular complexity index is 2260. The molecule has 0 unspecified atom stereocenters. The normalized spacial score (nSPS) is 11.0. The highest BCUT2D eigenvalue weighted by Crippen LogP contribution is 2.24. The van der Waals surface area contributed by atoms with Crippen LogP contribution < -0.4 is 0 Å². The van der Waals surface area contributed by atoms with Gasteiger partial charge in [-0.15, -0.1) is 0 Å². The van der Waals surface area contributed by atoms with E-state index in [4.69, 9.17) is 0 Å². The minimum absolute atomic E-state index is 0.201. The van der Waals surface area contributed by atoms with Crippen molar-refractivity contribution in [1.29, 1.82) is 0 Å². The van der Waals surface area contributed by atoms with Gasteiger partial charge in [0, 0.05) is 32.1 Å². The Morgan fingerprint density at radius 1 is 0.104 bits per heavy atom. The van der Waals surface area contributed by atoms with Gasteiger partial charge in [0.25, 0.3) is 0 Å². The first-order chi connectivity index (χ1) is 66.5. The largest absolute Gasteiger partial charge is 0.295 e. The highest BCUT2D eigenvalue weighted by atomic mass is 16.1. The summed E-state index contributed by atoms with van der Waals surface area (Å²) in [5, 5.41) is 0. The smallest absolute Gasteiger partial charge is 0.155 e. The highest BCUT2D eigenvalue weighted by Gasteiger charge is 2.07. The summed E-state index contributed by atoms with van der Waals surface area (Å²) in [4.78, 5) is 55.5. The van der Waals surface area contributed by atoms with Crippen molar-refractivity contribution in [3.05, 3.63) is 63.3 Å². The van der Waals surface area contributed by atoms with Gasteiger partial charge in [0.15, 0.2) is 28.9 Å². The molecule has 5 heteroatoms. The van der Waals surface area contributed by atoms with E-state index in [0.717, 1.165) is 32.1 Å². The molecule has 5 nitrogen and oxygen atoms in total. The van der Waals surface area contributed by atoms with Crippen LogP contribution in [0.15, 0.2) is 63.3 Å². The predicted octanol–water partition coefficient (Wildman–Crippen LogP) is 46.7. The van der Waals surface area contributed by atoms with Crippen LogP contribution in [0.25, 0.3) is 0 Å². The summed E-state index contributed by atoms with van der Waals surface area (Å²) in [5.41, 5.74) is 0. The first kappa shape index (κ1) is 140. The second-order valence-electron chi connectivity index (χ2n) is 42.5. The van der Waals surface area contributed by atoms with Crippen molar-refractivity contribution in [3.63, 3.8) is 0 Å². The summed E-state index contributed by atoms with van der Waals surface area (Å²) < 4.78 is 0. The van der Waals surface area contributed by atoms with Crippen molar-refractivity contribution in [3.8, 4) is 0 Å². The molecule has 0 aliphatic rings. The number of rotatable bonds is 115. The summed E-state index contributed by atoms with van der Waals surface area (Å²) in [7, 11) is 0. The van der Waals surface area contributed by atoms with Gasteiger partial charge in [-0.25, -0.2) is 0 Å². The van der Waals surface area contributed by atoms with Crippen LogP contribution in [0, 0.1) is 0 Å². The first-order valence-electron chi connectivity index (χ1n) is 62.3. The molecule has 0 saturated carbocycles. The molecule has 0 amide bonds. The quantitative estimate of drug-likeness (QED) is 0.0447. The molecule has 135 heavy (non-hydrogen) atoms. The van der Waals surface area contributed by atoms with Gasteiger partial charge >= 0.3 is 0 Å². The zero-order valence-corrected chi connectivity index (χ0v) is 93.7. The molecule has 0 aromatic carbocycles. The Hall–Kier alpha value is -2.95. The van der Waals surface area contributed by atoms with Gasteiger partial charge in [0.1, 0.15) is 0 Å². The molecule has 0 fully saturated rings. The number of allylic oxidation sites excluding steroid dienone is 5. The molecule has 0 aromatic heterocycles. The van der Waals surface area contributed by atoms with E-state index in [1.807, 2.05) is 0 Å². The SMILES string of the molecule is C=CC(=O)CCCCCCCCCCCCCCCCCCCCC.C=CC(=O)CCCCCCCCCCCCCCCCCCCCCC.C=CC(=O)CCCCCCCCCCCCCCCCCCCCCCC.C=CC(=O)CCCCCCCCCCCCCCCCCCCCCCCC.C=CC(=O)CCCCCCCCCCCCCCCCCCCCCCCCC. The van der Waals surface area contributed by atoms with E-state index >= 15 is 0 Å². The fourth-order valence-electron chi connectivity index (χ4n) is 19.2. The number of hydrogen-bond acceptors (Lipinski definition) is 5. The Morgan fingerprint density at radius 3 is 0.207 bits per heavy atom. The summed E-state index contributed by atoms with van der Waals surface area (Å²) in [6.45, 7) is 29.0. The number of carbonyl (C=O) groups is 5. The summed E-state index contributed by atoms with van der Waals surface area (Å²) in [6.07, 6.45) is 158. The van der Waals surface area contributed by atoms with Crippen LogP contribution in [0.5, 0.6) is 0 Å². The molecule has 0 heterocycles. The lowest BCUT2D eigenvalue weighted by atomic mass is 10.0. The maximum absolute atomic E-state index is 11.1. The standard InChI is InChI=1S/C28H54O.C27H52O.C26H50O.C25H48O.C24H46O/c1-3-5-6-7-8-9-10-11-12-13-14-15-16-17-18-19-20-21-22-23-24-25-26-27-28(29)4-2;1-3-5-6-7-8-9-10-11-12-13-14-15-16-17-18-19-20-21-22-23-24-25-26-27(28)4-2;1-3-5-6-7-8-9-10-11-12-13-14-15-16-17-18-19-20-21-22-23-24-25-26(27)4-2;1-3-5-6-7-8-9-10-11-12-13-14-15-16-17-18-19-20-21-22-23-24-25(26)4-2;1-3-5-6-7-8-9-10-11-12-13-14-15-16-17-18-19-20-21-22-23-24(25)4-2/h4H,2-3,5-27H2,1H3;4H,2-3,5-26H2,1H3;4H,2-3,5-25H2,1H3;4H,2-3,5-24H2,1H3;4H,2-3,5-23H2,1H3. The Kier molecular flexibility index (Phi) is 143. The minimum atomic E-state index is 0.201. The van der Waals surface area contributed by atoms with E-state index in [2.05, 4.69) is 67.5 Å². The predicted molar refractivity (Wildman–Crippen MR) is 612 cm³/mol. The van der Waals surface area contributed by atoms with Gasteiger partial charge in [0.2, 0.25) is 0 Å². The number of carbonyl (C=O) groups excluding carboxylic acids is 5. The van der Waals surface area contributed by atoms with Gasteiger partial charge < -0.3 is 0 Å². The Morgan fingerprint density at radius 2 is 0.156 bits per heavy atom. The maximum Gasteiger partial charge on any atom is 0.155 e. The average Bonchev–Trinajstić information content (AvgIpc) is 1.08. The molecule has 0 aliphatic carbocycles. The molecule has 0 aliphatic heterocycles. The molecule has 0 N–H and O–H groups in total. The van der Waals surface area contributed by atoms with E-state index in [0.29, 0.717) is 32.1 Å². The Balaban J connectivity index is -0.000000522. The maximum atomic E-state index is 11.1. The van der Waals surface area contributed by atoms with E-state index in [1.165, 1.54) is 672 Å². The van der Waals surface area contributed by atoms with E-state index in [-0.39, 0.29) is 28.9 Å². The van der Waals surface area contributed by atoms with E-state index in [9.17, 15) is 24.0 Å². The minimum Gasteiger partial charge on any atom is -0.295 e. The lowest BCUT2D eigenvalue weighted by molar-refractivity contribution is -0.115. The Labute approximate surface area is 851 Å². The molecule has 0 bridgehead atoms. The molecule has 0 rings (SSSR count). The topological polar surface area (TPSA) is 85.3 Å². The second-order valence-corrected chi connectivity index (χ2v) is 42.5. The molecular formula is C130H250O5. The third-order valence-electron chi connectivity index (χ3n) is 28.8. The van der Waals surface area contributed by atoms with Crippen molar-refractivity contribution < 1.29 is 24.0 Å². The van der Waals surface area contributed by atoms with E-state index in [1.54, 1.807) is 0 Å². The van der Waals surface area contributed by atoms with Gasteiger partial charge in [-0.05, 0) is 62.5 Å². The third kappa shape index (κ3) is 147. The third-order valence-corrected chi connectivity index (χ3v) is 28.8. The van der Waals surface area contributed by atoms with Crippen LogP contribution in [-0.4, -0.2) is 28.9 Å². The van der Waals surface area contributed by atoms with Gasteiger partial charge in [0.05, 0.1) is 0 Å². The molecule has 0 radical (unpaired) electrons. The summed E-state index contributed by atoms with van der Waals surface area (Å²) >= 11 is 0. The molecule has 0 aromatic rings. The van der Waals surface area contributed by atoms with E-state index < -0.39 is 0 Å². The van der Waals surface area contributed by atoms with Crippen molar-refractivity contribution in [2.45, 2.75) is 741 Å². The first-order valence-corrected chi connectivity index (χ1v) is 62.3. The lowest BCUT2D eigenvalue weighted by Crippen LogP contribution is -1.91. The van der Waals surface area contributed by atoms with Crippen molar-refractivity contribution >= 4 is 28.9 Å². The fraction of sp³-hybridized carbons (Fsp3) is 0.885. The summed E-state index contributed by atoms with van der Waals surface area (Å²) in [6, 6.07) is 0. The van der Waals surface area contributed by atoms with Crippen molar-refractivity contribution in [2.75, 3.05) is 0 Å². The number of hydrogen-bond donors (Lipinski definition) is 0. The van der Waals surface area contributed by atoms with Crippen LogP contribution in [0.4, 0.5) is 0 Å². The fourth-order valence-corrected chi connectivity index (χ4v) is 19.2. The second kappa shape index (κ2) is 137. The van der Waals surface area contributed by atoms with Gasteiger partial charge in [-0.3, -0.25) is 24.0 Å². The van der Waals surface area contributed by atoms with Crippen LogP contribution in [0.1, 0.15) is 741 Å². The van der Waals surface area contributed by atoms with Gasteiger partial charge in [-0.1, -0.05) is 710 Å². The van der Waals surface area contributed by atoms with Crippen LogP contribution >= 0.6 is 0 Å². The molecule has 0 saturated heterocycles. The molecule has 800 valence electrons. The monoisotopic (exact) mass is 1890 g/mol. The van der Waals surface area contributed by atoms with Crippen LogP contribution in [0.3, 0.4) is 0 Å². The highest BCUT2D eigenvalue weighted by molar-refractivity contribution is 5.90.